The van der Waals surface area contributed by atoms with Crippen LogP contribution in [0.15, 0.2) is 29.2 Å². The summed E-state index contributed by atoms with van der Waals surface area (Å²) in [6, 6.07) is 4.39. The number of hydrogen-bond acceptors (Lipinski definition) is 4. The number of hydrogen-bond donors (Lipinski definition) is 1. The molecule has 0 fully saturated rings. The van der Waals surface area contributed by atoms with E-state index in [0.717, 1.165) is 31.2 Å². The van der Waals surface area contributed by atoms with Crippen molar-refractivity contribution in [3.8, 4) is 0 Å². The Morgan fingerprint density at radius 2 is 1.81 bits per heavy atom. The van der Waals surface area contributed by atoms with Gasteiger partial charge in [0.05, 0.1) is 22.8 Å². The number of alkyl halides is 3. The molecule has 1 N–H and O–H groups in total. The fraction of sp³-hybridized carbons (Fsp3) is 0.417. The van der Waals surface area contributed by atoms with Crippen molar-refractivity contribution in [1.29, 1.82) is 0 Å². The van der Waals surface area contributed by atoms with Crippen molar-refractivity contribution < 1.29 is 36.2 Å². The monoisotopic (exact) mass is 326 g/mol. The number of sulfone groups is 1. The van der Waals surface area contributed by atoms with E-state index in [9.17, 15) is 26.4 Å². The molecule has 21 heavy (non-hydrogen) atoms. The van der Waals surface area contributed by atoms with Crippen LogP contribution in [0, 0.1) is 0 Å². The van der Waals surface area contributed by atoms with Crippen LogP contribution in [0.25, 0.3) is 0 Å². The molecule has 0 spiro atoms. The molecule has 5 nitrogen and oxygen atoms in total. The van der Waals surface area contributed by atoms with Gasteiger partial charge in [0, 0.05) is 0 Å². The number of carbonyl (C=O) groups is 1. The summed E-state index contributed by atoms with van der Waals surface area (Å²) in [6.45, 7) is 0.179. The summed E-state index contributed by atoms with van der Waals surface area (Å²) < 4.78 is 64.6. The lowest BCUT2D eigenvalue weighted by atomic mass is 10.2. The van der Waals surface area contributed by atoms with Crippen LogP contribution in [0.3, 0.4) is 0 Å². The first-order chi connectivity index (χ1) is 9.54. The normalized spacial score (nSPS) is 13.9. The van der Waals surface area contributed by atoms with E-state index in [1.165, 1.54) is 0 Å². The number of aromatic carboxylic acids is 1. The summed E-state index contributed by atoms with van der Waals surface area (Å²) in [5.74, 6) is -1.83. The zero-order chi connectivity index (χ0) is 16.3. The van der Waals surface area contributed by atoms with Gasteiger partial charge in [-0.3, -0.25) is 0 Å². The Balaban J connectivity index is 2.68. The molecule has 0 radical (unpaired) electrons. The van der Waals surface area contributed by atoms with Crippen molar-refractivity contribution >= 4 is 15.8 Å². The summed E-state index contributed by atoms with van der Waals surface area (Å²) in [7, 11) is -3.83. The first-order valence-corrected chi connectivity index (χ1v) is 7.43. The SMILES string of the molecule is CC(OCCS(=O)(=O)c1ccc(C(=O)O)cc1)C(F)(F)F. The topological polar surface area (TPSA) is 80.7 Å². The molecular weight excluding hydrogens is 313 g/mol. The predicted molar refractivity (Wildman–Crippen MR) is 66.9 cm³/mol. The summed E-state index contributed by atoms with van der Waals surface area (Å²) in [4.78, 5) is 10.5. The Bertz CT molecular complexity index is 592. The summed E-state index contributed by atoms with van der Waals surface area (Å²) in [6.07, 6.45) is -6.60. The first kappa shape index (κ1) is 17.4. The second kappa shape index (κ2) is 6.44. The van der Waals surface area contributed by atoms with Gasteiger partial charge in [0.25, 0.3) is 0 Å². The van der Waals surface area contributed by atoms with Gasteiger partial charge in [-0.05, 0) is 31.2 Å². The van der Waals surface area contributed by atoms with Crippen LogP contribution in [0.1, 0.15) is 17.3 Å². The highest BCUT2D eigenvalue weighted by Crippen LogP contribution is 2.22. The van der Waals surface area contributed by atoms with Crippen molar-refractivity contribution in [2.75, 3.05) is 12.4 Å². The molecule has 1 aromatic carbocycles. The number of carboxylic acids is 1. The molecule has 0 amide bonds. The zero-order valence-corrected chi connectivity index (χ0v) is 11.7. The third-order valence-corrected chi connectivity index (χ3v) is 4.34. The highest BCUT2D eigenvalue weighted by molar-refractivity contribution is 7.91. The van der Waals surface area contributed by atoms with E-state index in [2.05, 4.69) is 4.74 Å². The van der Waals surface area contributed by atoms with Crippen LogP contribution in [-0.4, -0.2) is 44.1 Å². The van der Waals surface area contributed by atoms with Gasteiger partial charge in [0.15, 0.2) is 15.9 Å². The fourth-order valence-corrected chi connectivity index (χ4v) is 2.45. The number of benzene rings is 1. The van der Waals surface area contributed by atoms with Crippen LogP contribution in [0.5, 0.6) is 0 Å². The van der Waals surface area contributed by atoms with Gasteiger partial charge in [-0.2, -0.15) is 13.2 Å². The Kier molecular flexibility index (Phi) is 5.35. The van der Waals surface area contributed by atoms with E-state index < -0.39 is 40.4 Å². The summed E-state index contributed by atoms with van der Waals surface area (Å²) in [5.41, 5.74) is -0.0871. The van der Waals surface area contributed by atoms with Crippen molar-refractivity contribution in [3.63, 3.8) is 0 Å². The third kappa shape index (κ3) is 5.01. The van der Waals surface area contributed by atoms with Crippen LogP contribution in [-0.2, 0) is 14.6 Å². The zero-order valence-electron chi connectivity index (χ0n) is 10.9. The van der Waals surface area contributed by atoms with Crippen molar-refractivity contribution in [2.24, 2.45) is 0 Å². The summed E-state index contributed by atoms with van der Waals surface area (Å²) in [5, 5.41) is 8.68. The van der Waals surface area contributed by atoms with Crippen LogP contribution in [0.2, 0.25) is 0 Å². The van der Waals surface area contributed by atoms with E-state index in [-0.39, 0.29) is 10.5 Å². The highest BCUT2D eigenvalue weighted by atomic mass is 32.2. The maximum Gasteiger partial charge on any atom is 0.414 e. The molecule has 0 aliphatic carbocycles. The minimum absolute atomic E-state index is 0.0871. The average Bonchev–Trinajstić information content (AvgIpc) is 2.37. The molecule has 0 aliphatic rings. The molecule has 1 rings (SSSR count). The Hall–Kier alpha value is -1.61. The summed E-state index contributed by atoms with van der Waals surface area (Å²) >= 11 is 0. The molecule has 1 atom stereocenters. The Morgan fingerprint density at radius 1 is 1.29 bits per heavy atom. The van der Waals surface area contributed by atoms with Crippen LogP contribution in [0.4, 0.5) is 13.2 Å². The van der Waals surface area contributed by atoms with E-state index in [1.807, 2.05) is 0 Å². The predicted octanol–water partition coefficient (Wildman–Crippen LogP) is 2.13. The van der Waals surface area contributed by atoms with E-state index in [1.54, 1.807) is 0 Å². The van der Waals surface area contributed by atoms with E-state index in [4.69, 9.17) is 5.11 Å². The second-order valence-electron chi connectivity index (χ2n) is 4.20. The minimum Gasteiger partial charge on any atom is -0.478 e. The van der Waals surface area contributed by atoms with E-state index >= 15 is 0 Å². The highest BCUT2D eigenvalue weighted by Gasteiger charge is 2.37. The van der Waals surface area contributed by atoms with Crippen molar-refractivity contribution in [2.45, 2.75) is 24.1 Å². The van der Waals surface area contributed by atoms with Gasteiger partial charge >= 0.3 is 12.1 Å². The lowest BCUT2D eigenvalue weighted by Gasteiger charge is -2.16. The van der Waals surface area contributed by atoms with Gasteiger partial charge in [0.2, 0.25) is 0 Å². The van der Waals surface area contributed by atoms with E-state index in [0.29, 0.717) is 0 Å². The van der Waals surface area contributed by atoms with Crippen molar-refractivity contribution in [3.05, 3.63) is 29.8 Å². The molecule has 118 valence electrons. The van der Waals surface area contributed by atoms with Gasteiger partial charge in [-0.25, -0.2) is 13.2 Å². The number of rotatable bonds is 6. The Labute approximate surface area is 119 Å². The second-order valence-corrected chi connectivity index (χ2v) is 6.31. The van der Waals surface area contributed by atoms with Gasteiger partial charge in [0.1, 0.15) is 0 Å². The maximum absolute atomic E-state index is 12.2. The fourth-order valence-electron chi connectivity index (χ4n) is 1.35. The standard InChI is InChI=1S/C12H13F3O5S/c1-8(12(13,14)15)20-6-7-21(18,19)10-4-2-9(3-5-10)11(16)17/h2-5,8H,6-7H2,1H3,(H,16,17). The number of carboxylic acid groups (broad SMARTS) is 1. The van der Waals surface area contributed by atoms with Gasteiger partial charge in [-0.1, -0.05) is 0 Å². The molecule has 0 saturated carbocycles. The van der Waals surface area contributed by atoms with Gasteiger partial charge < -0.3 is 9.84 Å². The Morgan fingerprint density at radius 3 is 2.24 bits per heavy atom. The lowest BCUT2D eigenvalue weighted by molar-refractivity contribution is -0.212. The van der Waals surface area contributed by atoms with Crippen LogP contribution < -0.4 is 0 Å². The molecule has 1 unspecified atom stereocenters. The minimum atomic E-state index is -4.55. The number of halogens is 3. The molecule has 0 aromatic heterocycles. The molecule has 0 heterocycles. The molecular formula is C12H13F3O5S. The van der Waals surface area contributed by atoms with Gasteiger partial charge in [-0.15, -0.1) is 0 Å². The third-order valence-electron chi connectivity index (χ3n) is 2.64. The molecule has 0 aliphatic heterocycles. The van der Waals surface area contributed by atoms with Crippen molar-refractivity contribution in [1.82, 2.24) is 0 Å². The smallest absolute Gasteiger partial charge is 0.414 e. The first-order valence-electron chi connectivity index (χ1n) is 5.78. The molecule has 9 heteroatoms. The molecule has 0 bridgehead atoms. The molecule has 0 saturated heterocycles. The lowest BCUT2D eigenvalue weighted by Crippen LogP contribution is -2.30. The quantitative estimate of drug-likeness (QED) is 0.866. The average molecular weight is 326 g/mol. The number of ether oxygens (including phenoxy) is 1. The maximum atomic E-state index is 12.2. The van der Waals surface area contributed by atoms with Crippen LogP contribution >= 0.6 is 0 Å². The molecule has 1 aromatic rings. The largest absolute Gasteiger partial charge is 0.478 e.